The van der Waals surface area contributed by atoms with E-state index in [0.29, 0.717) is 5.75 Å². The first-order valence-corrected chi connectivity index (χ1v) is 6.18. The summed E-state index contributed by atoms with van der Waals surface area (Å²) in [5, 5.41) is 14.1. The highest BCUT2D eigenvalue weighted by Gasteiger charge is 2.43. The number of ether oxygens (including phenoxy) is 2. The van der Waals surface area contributed by atoms with Crippen LogP contribution in [0.1, 0.15) is 12.0 Å². The topological polar surface area (TPSA) is 73.6 Å². The minimum atomic E-state index is -0.426. The van der Waals surface area contributed by atoms with Gasteiger partial charge in [-0.05, 0) is 25.6 Å². The number of methoxy groups -OCH3 is 1. The minimum absolute atomic E-state index is 0.00615. The van der Waals surface area contributed by atoms with Gasteiger partial charge in [-0.2, -0.15) is 0 Å². The first-order chi connectivity index (χ1) is 9.06. The van der Waals surface area contributed by atoms with Gasteiger partial charge in [0.1, 0.15) is 12.2 Å². The monoisotopic (exact) mass is 266 g/mol. The second-order valence-electron chi connectivity index (χ2n) is 4.72. The fourth-order valence-electron chi connectivity index (χ4n) is 2.32. The lowest BCUT2D eigenvalue weighted by Crippen LogP contribution is -2.60. The molecule has 1 aromatic rings. The predicted octanol–water partition coefficient (Wildman–Crippen LogP) is 1.66. The standard InChI is InChI=1S/C13H18N2O4/c1-8-4-5-10(15(16)17)11(6-8)19-12-7-9(14-2)13(12)18-3/h4-6,9,12-14H,7H2,1-3H3. The van der Waals surface area contributed by atoms with Crippen molar-refractivity contribution in [2.24, 2.45) is 0 Å². The van der Waals surface area contributed by atoms with E-state index in [4.69, 9.17) is 9.47 Å². The summed E-state index contributed by atoms with van der Waals surface area (Å²) in [6, 6.07) is 5.10. The molecule has 2 rings (SSSR count). The molecule has 1 saturated carbocycles. The zero-order valence-electron chi connectivity index (χ0n) is 11.3. The summed E-state index contributed by atoms with van der Waals surface area (Å²) in [6.45, 7) is 1.88. The fourth-order valence-corrected chi connectivity index (χ4v) is 2.32. The maximum Gasteiger partial charge on any atom is 0.310 e. The number of nitrogens with one attached hydrogen (secondary N) is 1. The summed E-state index contributed by atoms with van der Waals surface area (Å²) in [5.41, 5.74) is 0.924. The molecule has 0 aliphatic heterocycles. The summed E-state index contributed by atoms with van der Waals surface area (Å²) < 4.78 is 11.1. The molecular weight excluding hydrogens is 248 g/mol. The summed E-state index contributed by atoms with van der Waals surface area (Å²) in [4.78, 5) is 10.5. The number of hydrogen-bond donors (Lipinski definition) is 1. The Balaban J connectivity index is 2.15. The molecule has 1 fully saturated rings. The van der Waals surface area contributed by atoms with Crippen molar-refractivity contribution < 1.29 is 14.4 Å². The Labute approximate surface area is 111 Å². The molecule has 6 heteroatoms. The summed E-state index contributed by atoms with van der Waals surface area (Å²) in [5.74, 6) is 0.312. The van der Waals surface area contributed by atoms with Crippen LogP contribution in [0.3, 0.4) is 0 Å². The van der Waals surface area contributed by atoms with E-state index in [2.05, 4.69) is 5.32 Å². The summed E-state index contributed by atoms with van der Waals surface area (Å²) in [7, 11) is 3.48. The average Bonchev–Trinajstić information content (AvgIpc) is 2.34. The highest BCUT2D eigenvalue weighted by molar-refractivity contribution is 5.48. The first-order valence-electron chi connectivity index (χ1n) is 6.18. The normalized spacial score (nSPS) is 25.7. The molecule has 19 heavy (non-hydrogen) atoms. The lowest BCUT2D eigenvalue weighted by molar-refractivity contribution is -0.386. The second kappa shape index (κ2) is 5.54. The molecule has 0 bridgehead atoms. The van der Waals surface area contributed by atoms with E-state index >= 15 is 0 Å². The van der Waals surface area contributed by atoms with E-state index in [0.717, 1.165) is 12.0 Å². The molecule has 0 saturated heterocycles. The molecule has 0 amide bonds. The van der Waals surface area contributed by atoms with Gasteiger partial charge in [-0.3, -0.25) is 10.1 Å². The van der Waals surface area contributed by atoms with Crippen molar-refractivity contribution in [2.75, 3.05) is 14.2 Å². The lowest BCUT2D eigenvalue weighted by atomic mass is 9.85. The largest absolute Gasteiger partial charge is 0.481 e. The van der Waals surface area contributed by atoms with Gasteiger partial charge in [0.25, 0.3) is 0 Å². The van der Waals surface area contributed by atoms with Crippen LogP contribution < -0.4 is 10.1 Å². The zero-order chi connectivity index (χ0) is 14.0. The van der Waals surface area contributed by atoms with Crippen molar-refractivity contribution in [2.45, 2.75) is 31.6 Å². The predicted molar refractivity (Wildman–Crippen MR) is 70.5 cm³/mol. The quantitative estimate of drug-likeness (QED) is 0.648. The van der Waals surface area contributed by atoms with Crippen LogP contribution in [0.4, 0.5) is 5.69 Å². The molecule has 6 nitrogen and oxygen atoms in total. The Kier molecular flexibility index (Phi) is 4.01. The van der Waals surface area contributed by atoms with Gasteiger partial charge in [-0.25, -0.2) is 0 Å². The van der Waals surface area contributed by atoms with Crippen molar-refractivity contribution in [3.63, 3.8) is 0 Å². The average molecular weight is 266 g/mol. The molecule has 0 heterocycles. The molecule has 104 valence electrons. The summed E-state index contributed by atoms with van der Waals surface area (Å²) in [6.07, 6.45) is 0.549. The van der Waals surface area contributed by atoms with E-state index in [-0.39, 0.29) is 23.9 Å². The van der Waals surface area contributed by atoms with Gasteiger partial charge < -0.3 is 14.8 Å². The van der Waals surface area contributed by atoms with Crippen molar-refractivity contribution >= 4 is 5.69 Å². The Morgan fingerprint density at radius 2 is 2.21 bits per heavy atom. The van der Waals surface area contributed by atoms with Crippen molar-refractivity contribution in [1.29, 1.82) is 0 Å². The van der Waals surface area contributed by atoms with Crippen molar-refractivity contribution in [1.82, 2.24) is 5.32 Å². The second-order valence-corrected chi connectivity index (χ2v) is 4.72. The van der Waals surface area contributed by atoms with Crippen molar-refractivity contribution in [3.8, 4) is 5.75 Å². The molecule has 0 spiro atoms. The van der Waals surface area contributed by atoms with Gasteiger partial charge in [0.15, 0.2) is 5.75 Å². The van der Waals surface area contributed by atoms with E-state index in [1.54, 1.807) is 19.2 Å². The number of benzene rings is 1. The zero-order valence-corrected chi connectivity index (χ0v) is 11.3. The maximum atomic E-state index is 11.0. The van der Waals surface area contributed by atoms with Gasteiger partial charge in [0.05, 0.1) is 4.92 Å². The Morgan fingerprint density at radius 3 is 2.79 bits per heavy atom. The number of rotatable bonds is 5. The number of nitrogens with zero attached hydrogens (tertiary/aromatic N) is 1. The minimum Gasteiger partial charge on any atom is -0.481 e. The van der Waals surface area contributed by atoms with Gasteiger partial charge in [-0.15, -0.1) is 0 Å². The van der Waals surface area contributed by atoms with E-state index < -0.39 is 4.92 Å². The van der Waals surface area contributed by atoms with Crippen molar-refractivity contribution in [3.05, 3.63) is 33.9 Å². The molecule has 1 aliphatic carbocycles. The third kappa shape index (κ3) is 2.69. The molecule has 3 atom stereocenters. The number of nitro benzene ring substituents is 1. The number of likely N-dealkylation sites (N-methyl/N-ethyl adjacent to an activating group) is 1. The number of aryl methyl sites for hydroxylation is 1. The van der Waals surface area contributed by atoms with Gasteiger partial charge >= 0.3 is 5.69 Å². The van der Waals surface area contributed by atoms with Crippen LogP contribution in [-0.4, -0.2) is 37.3 Å². The molecule has 1 N–H and O–H groups in total. The SMILES string of the molecule is CNC1CC(Oc2cc(C)ccc2[N+](=O)[O-])C1OC. The number of nitro groups is 1. The third-order valence-corrected chi connectivity index (χ3v) is 3.48. The fraction of sp³-hybridized carbons (Fsp3) is 0.538. The molecule has 1 aliphatic rings. The van der Waals surface area contributed by atoms with E-state index in [9.17, 15) is 10.1 Å². The Bertz CT molecular complexity index is 478. The van der Waals surface area contributed by atoms with Crippen LogP contribution >= 0.6 is 0 Å². The van der Waals surface area contributed by atoms with E-state index in [1.807, 2.05) is 14.0 Å². The number of hydrogen-bond acceptors (Lipinski definition) is 5. The summed E-state index contributed by atoms with van der Waals surface area (Å²) >= 11 is 0. The lowest BCUT2D eigenvalue weighted by Gasteiger charge is -2.42. The maximum absolute atomic E-state index is 11.0. The van der Waals surface area contributed by atoms with Crippen LogP contribution in [0.2, 0.25) is 0 Å². The van der Waals surface area contributed by atoms with Crippen LogP contribution in [0.15, 0.2) is 18.2 Å². The van der Waals surface area contributed by atoms with E-state index in [1.165, 1.54) is 6.07 Å². The highest BCUT2D eigenvalue weighted by Crippen LogP contribution is 2.34. The molecule has 0 radical (unpaired) electrons. The van der Waals surface area contributed by atoms with Crippen LogP contribution in [0.25, 0.3) is 0 Å². The van der Waals surface area contributed by atoms with Crippen LogP contribution in [0.5, 0.6) is 5.75 Å². The smallest absolute Gasteiger partial charge is 0.310 e. The third-order valence-electron chi connectivity index (χ3n) is 3.48. The Morgan fingerprint density at radius 1 is 1.47 bits per heavy atom. The molecular formula is C13H18N2O4. The van der Waals surface area contributed by atoms with Gasteiger partial charge in [0.2, 0.25) is 0 Å². The molecule has 1 aromatic carbocycles. The van der Waals surface area contributed by atoms with Gasteiger partial charge in [-0.1, -0.05) is 6.07 Å². The molecule has 3 unspecified atom stereocenters. The first kappa shape index (κ1) is 13.8. The van der Waals surface area contributed by atoms with Gasteiger partial charge in [0, 0.05) is 25.6 Å². The van der Waals surface area contributed by atoms with Crippen LogP contribution in [-0.2, 0) is 4.74 Å². The highest BCUT2D eigenvalue weighted by atomic mass is 16.6. The van der Waals surface area contributed by atoms with Crippen LogP contribution in [0, 0.1) is 17.0 Å². The molecule has 0 aromatic heterocycles. The Hall–Kier alpha value is -1.66.